The summed E-state index contributed by atoms with van der Waals surface area (Å²) in [5, 5.41) is 0. The maximum atomic E-state index is 12.4. The number of fused-ring (bicyclic) bond motifs is 1. The first kappa shape index (κ1) is 14.0. The molecule has 0 spiro atoms. The summed E-state index contributed by atoms with van der Waals surface area (Å²) in [4.78, 5) is 12.4. The minimum atomic E-state index is -0.479. The molecule has 0 fully saturated rings. The quantitative estimate of drug-likeness (QED) is 0.629. The molecule has 19 heavy (non-hydrogen) atoms. The molecule has 0 aliphatic carbocycles. The third-order valence-electron chi connectivity index (χ3n) is 3.40. The summed E-state index contributed by atoms with van der Waals surface area (Å²) < 4.78 is 10.6. The van der Waals surface area contributed by atoms with Gasteiger partial charge in [0.1, 0.15) is 5.75 Å². The summed E-state index contributed by atoms with van der Waals surface area (Å²) in [7, 11) is 1.65. The highest BCUT2D eigenvalue weighted by Crippen LogP contribution is 2.29. The van der Waals surface area contributed by atoms with Crippen molar-refractivity contribution in [1.29, 1.82) is 0 Å². The van der Waals surface area contributed by atoms with Gasteiger partial charge in [-0.25, -0.2) is 0 Å². The molecule has 1 aliphatic rings. The highest BCUT2D eigenvalue weighted by atomic mass is 16.5. The predicted octanol–water partition coefficient (Wildman–Crippen LogP) is 1.95. The normalized spacial score (nSPS) is 15.5. The minimum absolute atomic E-state index is 0.0325. The number of para-hydroxylation sites is 1. The monoisotopic (exact) mass is 263 g/mol. The zero-order valence-corrected chi connectivity index (χ0v) is 11.4. The number of ketones is 1. The Kier molecular flexibility index (Phi) is 4.93. The van der Waals surface area contributed by atoms with Crippen LogP contribution in [0.2, 0.25) is 0 Å². The fraction of sp³-hybridized carbons (Fsp3) is 0.533. The first-order valence-corrected chi connectivity index (χ1v) is 6.77. The van der Waals surface area contributed by atoms with Crippen molar-refractivity contribution in [3.8, 4) is 5.75 Å². The third-order valence-corrected chi connectivity index (χ3v) is 3.40. The largest absolute Gasteiger partial charge is 0.493 e. The number of carbonyl (C=O) groups is 1. The van der Waals surface area contributed by atoms with Gasteiger partial charge in [-0.15, -0.1) is 0 Å². The maximum absolute atomic E-state index is 12.4. The molecule has 4 nitrogen and oxygen atoms in total. The number of nitrogens with two attached hydrogens (primary N) is 1. The average Bonchev–Trinajstić information content (AvgIpc) is 2.46. The van der Waals surface area contributed by atoms with Crippen molar-refractivity contribution in [2.24, 2.45) is 5.73 Å². The SMILES string of the molecule is COCCCC(N)C(=O)c1cccc2c1OCCC2. The Bertz CT molecular complexity index is 445. The second-order valence-corrected chi connectivity index (χ2v) is 4.85. The van der Waals surface area contributed by atoms with Crippen LogP contribution in [-0.2, 0) is 11.2 Å². The van der Waals surface area contributed by atoms with E-state index in [9.17, 15) is 4.79 Å². The van der Waals surface area contributed by atoms with E-state index in [1.54, 1.807) is 7.11 Å². The zero-order valence-electron chi connectivity index (χ0n) is 11.4. The maximum Gasteiger partial charge on any atom is 0.183 e. The summed E-state index contributed by atoms with van der Waals surface area (Å²) in [5.74, 6) is 0.704. The van der Waals surface area contributed by atoms with Crippen LogP contribution in [0.1, 0.15) is 35.2 Å². The number of hydrogen-bond donors (Lipinski definition) is 1. The van der Waals surface area contributed by atoms with Crippen LogP contribution in [-0.4, -0.2) is 32.1 Å². The molecular weight excluding hydrogens is 242 g/mol. The van der Waals surface area contributed by atoms with Crippen molar-refractivity contribution in [2.75, 3.05) is 20.3 Å². The molecule has 0 radical (unpaired) electrons. The summed E-state index contributed by atoms with van der Waals surface area (Å²) >= 11 is 0. The van der Waals surface area contributed by atoms with E-state index >= 15 is 0 Å². The zero-order chi connectivity index (χ0) is 13.7. The number of hydrogen-bond acceptors (Lipinski definition) is 4. The summed E-state index contributed by atoms with van der Waals surface area (Å²) in [5.41, 5.74) is 7.70. The van der Waals surface area contributed by atoms with Gasteiger partial charge in [0.15, 0.2) is 5.78 Å². The fourth-order valence-corrected chi connectivity index (χ4v) is 2.36. The molecule has 0 saturated carbocycles. The number of carbonyl (C=O) groups excluding carboxylic acids is 1. The molecule has 1 aromatic rings. The van der Waals surface area contributed by atoms with Crippen molar-refractivity contribution in [3.05, 3.63) is 29.3 Å². The number of methoxy groups -OCH3 is 1. The topological polar surface area (TPSA) is 61.5 Å². The molecule has 1 aromatic carbocycles. The first-order valence-electron chi connectivity index (χ1n) is 6.77. The Labute approximate surface area is 113 Å². The van der Waals surface area contributed by atoms with Gasteiger partial charge in [-0.05, 0) is 37.3 Å². The number of Topliss-reactive ketones (excluding diaryl/α,β-unsaturated/α-hetero) is 1. The summed E-state index contributed by atoms with van der Waals surface area (Å²) in [6.45, 7) is 1.31. The lowest BCUT2D eigenvalue weighted by Gasteiger charge is -2.21. The molecule has 1 atom stereocenters. The van der Waals surface area contributed by atoms with E-state index in [0.717, 1.165) is 30.6 Å². The Morgan fingerprint density at radius 3 is 3.16 bits per heavy atom. The third kappa shape index (κ3) is 3.33. The molecule has 1 unspecified atom stereocenters. The second kappa shape index (κ2) is 6.68. The van der Waals surface area contributed by atoms with Gasteiger partial charge in [-0.3, -0.25) is 4.79 Å². The molecule has 0 saturated heterocycles. The average molecular weight is 263 g/mol. The molecule has 0 bridgehead atoms. The molecule has 2 rings (SSSR count). The lowest BCUT2D eigenvalue weighted by Crippen LogP contribution is -2.31. The molecule has 0 amide bonds. The Morgan fingerprint density at radius 1 is 1.53 bits per heavy atom. The van der Waals surface area contributed by atoms with Gasteiger partial charge in [0.05, 0.1) is 18.2 Å². The van der Waals surface area contributed by atoms with Crippen LogP contribution in [0.4, 0.5) is 0 Å². The van der Waals surface area contributed by atoms with Gasteiger partial charge >= 0.3 is 0 Å². The Hall–Kier alpha value is -1.39. The van der Waals surface area contributed by atoms with Crippen LogP contribution >= 0.6 is 0 Å². The van der Waals surface area contributed by atoms with E-state index in [1.165, 1.54) is 0 Å². The number of rotatable bonds is 6. The van der Waals surface area contributed by atoms with E-state index in [1.807, 2.05) is 18.2 Å². The van der Waals surface area contributed by atoms with Crippen molar-refractivity contribution in [1.82, 2.24) is 0 Å². The van der Waals surface area contributed by atoms with Gasteiger partial charge in [0.2, 0.25) is 0 Å². The standard InChI is InChI=1S/C15H21NO3/c1-18-9-4-8-13(16)14(17)12-7-2-5-11-6-3-10-19-15(11)12/h2,5,7,13H,3-4,6,8-10,16H2,1H3. The van der Waals surface area contributed by atoms with E-state index in [2.05, 4.69) is 0 Å². The van der Waals surface area contributed by atoms with Gasteiger partial charge in [0.25, 0.3) is 0 Å². The van der Waals surface area contributed by atoms with E-state index in [4.69, 9.17) is 15.2 Å². The summed E-state index contributed by atoms with van der Waals surface area (Å²) in [6.07, 6.45) is 3.40. The molecular formula is C15H21NO3. The Balaban J connectivity index is 2.10. The van der Waals surface area contributed by atoms with Crippen molar-refractivity contribution in [2.45, 2.75) is 31.7 Å². The Morgan fingerprint density at radius 2 is 2.37 bits per heavy atom. The number of aryl methyl sites for hydroxylation is 1. The molecule has 1 aliphatic heterocycles. The van der Waals surface area contributed by atoms with E-state index < -0.39 is 6.04 Å². The van der Waals surface area contributed by atoms with Crippen LogP contribution < -0.4 is 10.5 Å². The molecule has 0 aromatic heterocycles. The van der Waals surface area contributed by atoms with Crippen LogP contribution in [0.15, 0.2) is 18.2 Å². The molecule has 4 heteroatoms. The fourth-order valence-electron chi connectivity index (χ4n) is 2.36. The van der Waals surface area contributed by atoms with Gasteiger partial charge in [-0.2, -0.15) is 0 Å². The van der Waals surface area contributed by atoms with Crippen molar-refractivity contribution < 1.29 is 14.3 Å². The van der Waals surface area contributed by atoms with Crippen LogP contribution in [0.25, 0.3) is 0 Å². The lowest BCUT2D eigenvalue weighted by atomic mass is 9.95. The van der Waals surface area contributed by atoms with Gasteiger partial charge < -0.3 is 15.2 Å². The lowest BCUT2D eigenvalue weighted by molar-refractivity contribution is 0.0945. The van der Waals surface area contributed by atoms with Gasteiger partial charge in [-0.1, -0.05) is 12.1 Å². The van der Waals surface area contributed by atoms with Gasteiger partial charge in [0, 0.05) is 13.7 Å². The van der Waals surface area contributed by atoms with Crippen LogP contribution in [0.3, 0.4) is 0 Å². The van der Waals surface area contributed by atoms with Crippen molar-refractivity contribution in [3.63, 3.8) is 0 Å². The number of benzene rings is 1. The van der Waals surface area contributed by atoms with Crippen LogP contribution in [0.5, 0.6) is 5.75 Å². The van der Waals surface area contributed by atoms with Crippen LogP contribution in [0, 0.1) is 0 Å². The highest BCUT2D eigenvalue weighted by Gasteiger charge is 2.22. The minimum Gasteiger partial charge on any atom is -0.493 e. The first-order chi connectivity index (χ1) is 9.24. The van der Waals surface area contributed by atoms with E-state index in [0.29, 0.717) is 25.2 Å². The van der Waals surface area contributed by atoms with E-state index in [-0.39, 0.29) is 5.78 Å². The second-order valence-electron chi connectivity index (χ2n) is 4.85. The molecule has 1 heterocycles. The number of ether oxygens (including phenoxy) is 2. The summed E-state index contributed by atoms with van der Waals surface area (Å²) in [6, 6.07) is 5.25. The molecule has 2 N–H and O–H groups in total. The predicted molar refractivity (Wildman–Crippen MR) is 73.7 cm³/mol. The van der Waals surface area contributed by atoms with Crippen molar-refractivity contribution >= 4 is 5.78 Å². The molecule has 104 valence electrons. The smallest absolute Gasteiger partial charge is 0.183 e. The highest BCUT2D eigenvalue weighted by molar-refractivity contribution is 6.02.